The number of rotatable bonds is 7. The first-order valence-corrected chi connectivity index (χ1v) is 7.95. The van der Waals surface area contributed by atoms with E-state index in [1.165, 1.54) is 6.07 Å². The van der Waals surface area contributed by atoms with Gasteiger partial charge in [-0.2, -0.15) is 5.10 Å². The number of hydrogen-bond acceptors (Lipinski definition) is 4. The number of aromatic carboxylic acids is 1. The van der Waals surface area contributed by atoms with Gasteiger partial charge in [-0.3, -0.25) is 5.43 Å². The maximum Gasteiger partial charge on any atom is 0.337 e. The summed E-state index contributed by atoms with van der Waals surface area (Å²) in [7, 11) is 0. The van der Waals surface area contributed by atoms with Crippen molar-refractivity contribution in [2.24, 2.45) is 5.10 Å². The fourth-order valence-electron chi connectivity index (χ4n) is 1.87. The van der Waals surface area contributed by atoms with Crippen molar-refractivity contribution in [2.45, 2.75) is 13.3 Å². The van der Waals surface area contributed by atoms with E-state index in [4.69, 9.17) is 9.84 Å². The van der Waals surface area contributed by atoms with Crippen LogP contribution in [-0.2, 0) is 0 Å². The first-order valence-electron chi connectivity index (χ1n) is 7.15. The Kier molecular flexibility index (Phi) is 6.17. The minimum atomic E-state index is -0.997. The number of ether oxygens (including phenoxy) is 1. The van der Waals surface area contributed by atoms with Crippen molar-refractivity contribution in [3.05, 3.63) is 58.1 Å². The minimum absolute atomic E-state index is 0.175. The third-order valence-corrected chi connectivity index (χ3v) is 3.59. The van der Waals surface area contributed by atoms with Gasteiger partial charge in [-0.05, 0) is 58.2 Å². The lowest BCUT2D eigenvalue weighted by Gasteiger charge is -2.07. The minimum Gasteiger partial charge on any atom is -0.492 e. The van der Waals surface area contributed by atoms with Crippen LogP contribution in [0.2, 0.25) is 0 Å². The van der Waals surface area contributed by atoms with Crippen molar-refractivity contribution in [3.63, 3.8) is 0 Å². The van der Waals surface area contributed by atoms with Gasteiger partial charge in [0.2, 0.25) is 0 Å². The second-order valence-electron chi connectivity index (χ2n) is 4.76. The van der Waals surface area contributed by atoms with Crippen LogP contribution in [0, 0.1) is 0 Å². The Bertz CT molecular complexity index is 717. The molecule has 23 heavy (non-hydrogen) atoms. The molecule has 0 amide bonds. The molecule has 2 aromatic rings. The highest BCUT2D eigenvalue weighted by Gasteiger charge is 2.07. The van der Waals surface area contributed by atoms with E-state index in [1.54, 1.807) is 24.4 Å². The number of hydrazone groups is 1. The van der Waals surface area contributed by atoms with E-state index in [9.17, 15) is 4.79 Å². The number of carbonyl (C=O) groups is 1. The molecule has 0 bridgehead atoms. The number of anilines is 1. The quantitative estimate of drug-likeness (QED) is 0.555. The van der Waals surface area contributed by atoms with Crippen LogP contribution in [0.4, 0.5) is 5.69 Å². The Morgan fingerprint density at radius 1 is 1.35 bits per heavy atom. The van der Waals surface area contributed by atoms with Gasteiger partial charge in [0.25, 0.3) is 0 Å². The molecule has 0 fully saturated rings. The highest BCUT2D eigenvalue weighted by Crippen LogP contribution is 2.25. The first kappa shape index (κ1) is 17.0. The van der Waals surface area contributed by atoms with E-state index >= 15 is 0 Å². The molecule has 120 valence electrons. The molecular weight excluding hydrogens is 360 g/mol. The average molecular weight is 377 g/mol. The number of halogens is 1. The predicted octanol–water partition coefficient (Wildman–Crippen LogP) is 4.38. The zero-order chi connectivity index (χ0) is 16.7. The number of nitrogens with zero attached hydrogens (tertiary/aromatic N) is 1. The fourth-order valence-corrected chi connectivity index (χ4v) is 2.38. The Balaban J connectivity index is 2.06. The van der Waals surface area contributed by atoms with E-state index in [0.717, 1.165) is 22.2 Å². The van der Waals surface area contributed by atoms with Gasteiger partial charge in [0, 0.05) is 0 Å². The third kappa shape index (κ3) is 4.82. The SMILES string of the molecule is CCCOc1ccc(C=NNc2ccccc2C(=O)O)cc1Br. The van der Waals surface area contributed by atoms with E-state index in [0.29, 0.717) is 12.3 Å². The first-order chi connectivity index (χ1) is 11.1. The van der Waals surface area contributed by atoms with Crippen LogP contribution < -0.4 is 10.2 Å². The smallest absolute Gasteiger partial charge is 0.337 e. The van der Waals surface area contributed by atoms with E-state index < -0.39 is 5.97 Å². The van der Waals surface area contributed by atoms with Crippen LogP contribution >= 0.6 is 15.9 Å². The second kappa shape index (κ2) is 8.33. The number of carboxylic acids is 1. The van der Waals surface area contributed by atoms with Gasteiger partial charge in [-0.1, -0.05) is 19.1 Å². The van der Waals surface area contributed by atoms with Crippen LogP contribution in [0.25, 0.3) is 0 Å². The lowest BCUT2D eigenvalue weighted by molar-refractivity contribution is 0.0698. The van der Waals surface area contributed by atoms with Gasteiger partial charge in [-0.25, -0.2) is 4.79 Å². The predicted molar refractivity (Wildman–Crippen MR) is 94.5 cm³/mol. The van der Waals surface area contributed by atoms with Crippen LogP contribution in [0.3, 0.4) is 0 Å². The summed E-state index contributed by atoms with van der Waals surface area (Å²) in [5, 5.41) is 13.2. The van der Waals surface area contributed by atoms with E-state index in [1.807, 2.05) is 18.2 Å². The molecule has 5 nitrogen and oxygen atoms in total. The molecule has 0 aliphatic carbocycles. The normalized spacial score (nSPS) is 10.7. The Morgan fingerprint density at radius 2 is 2.13 bits per heavy atom. The average Bonchev–Trinajstić information content (AvgIpc) is 2.54. The number of benzene rings is 2. The molecule has 2 aromatic carbocycles. The summed E-state index contributed by atoms with van der Waals surface area (Å²) in [6.45, 7) is 2.72. The van der Waals surface area contributed by atoms with E-state index in [2.05, 4.69) is 33.4 Å². The molecule has 0 unspecified atom stereocenters. The van der Waals surface area contributed by atoms with Crippen LogP contribution in [0.15, 0.2) is 52.0 Å². The van der Waals surface area contributed by atoms with E-state index in [-0.39, 0.29) is 5.56 Å². The molecule has 2 N–H and O–H groups in total. The van der Waals surface area contributed by atoms with Crippen molar-refractivity contribution >= 4 is 33.8 Å². The lowest BCUT2D eigenvalue weighted by Crippen LogP contribution is -2.02. The molecule has 0 atom stereocenters. The van der Waals surface area contributed by atoms with Gasteiger partial charge in [-0.15, -0.1) is 0 Å². The summed E-state index contributed by atoms with van der Waals surface area (Å²) < 4.78 is 6.43. The Labute approximate surface area is 143 Å². The summed E-state index contributed by atoms with van der Waals surface area (Å²) >= 11 is 3.46. The zero-order valence-corrected chi connectivity index (χ0v) is 14.2. The molecule has 2 rings (SSSR count). The molecule has 0 radical (unpaired) electrons. The topological polar surface area (TPSA) is 70.9 Å². The molecular formula is C17H17BrN2O3. The van der Waals surface area contributed by atoms with Crippen molar-refractivity contribution in [2.75, 3.05) is 12.0 Å². The van der Waals surface area contributed by atoms with Gasteiger partial charge in [0.05, 0.1) is 28.5 Å². The van der Waals surface area contributed by atoms with Crippen LogP contribution in [-0.4, -0.2) is 23.9 Å². The molecule has 0 spiro atoms. The summed E-state index contributed by atoms with van der Waals surface area (Å²) in [5.74, 6) is -0.211. The number of para-hydroxylation sites is 1. The molecule has 0 aromatic heterocycles. The third-order valence-electron chi connectivity index (χ3n) is 2.97. The number of nitrogens with one attached hydrogen (secondary N) is 1. The summed E-state index contributed by atoms with van der Waals surface area (Å²) in [4.78, 5) is 11.1. The Morgan fingerprint density at radius 3 is 2.83 bits per heavy atom. The summed E-state index contributed by atoms with van der Waals surface area (Å²) in [6, 6.07) is 12.2. The molecule has 0 aliphatic rings. The monoisotopic (exact) mass is 376 g/mol. The van der Waals surface area contributed by atoms with Crippen LogP contribution in [0.5, 0.6) is 5.75 Å². The maximum atomic E-state index is 11.1. The molecule has 0 aliphatic heterocycles. The standard InChI is InChI=1S/C17H17BrN2O3/c1-2-9-23-16-8-7-12(10-14(16)18)11-19-20-15-6-4-3-5-13(15)17(21)22/h3-8,10-11,20H,2,9H2,1H3,(H,21,22). The summed E-state index contributed by atoms with van der Waals surface area (Å²) in [6.07, 6.45) is 2.57. The fraction of sp³-hybridized carbons (Fsp3) is 0.176. The second-order valence-corrected chi connectivity index (χ2v) is 5.61. The molecule has 0 saturated heterocycles. The number of hydrogen-bond donors (Lipinski definition) is 2. The highest BCUT2D eigenvalue weighted by molar-refractivity contribution is 9.10. The van der Waals surface area contributed by atoms with Crippen molar-refractivity contribution in [1.82, 2.24) is 0 Å². The molecule has 0 saturated carbocycles. The van der Waals surface area contributed by atoms with Gasteiger partial charge in [0.1, 0.15) is 5.75 Å². The van der Waals surface area contributed by atoms with Gasteiger partial charge in [0.15, 0.2) is 0 Å². The largest absolute Gasteiger partial charge is 0.492 e. The number of carboxylic acid groups (broad SMARTS) is 1. The molecule has 0 heterocycles. The van der Waals surface area contributed by atoms with Gasteiger partial charge < -0.3 is 9.84 Å². The lowest BCUT2D eigenvalue weighted by atomic mass is 10.2. The van der Waals surface area contributed by atoms with Crippen molar-refractivity contribution in [3.8, 4) is 5.75 Å². The Hall–Kier alpha value is -2.34. The van der Waals surface area contributed by atoms with Crippen molar-refractivity contribution in [1.29, 1.82) is 0 Å². The highest BCUT2D eigenvalue weighted by atomic mass is 79.9. The zero-order valence-electron chi connectivity index (χ0n) is 12.6. The molecule has 6 heteroatoms. The van der Waals surface area contributed by atoms with Crippen molar-refractivity contribution < 1.29 is 14.6 Å². The van der Waals surface area contributed by atoms with Gasteiger partial charge >= 0.3 is 5.97 Å². The summed E-state index contributed by atoms with van der Waals surface area (Å²) in [5.41, 5.74) is 4.23. The van der Waals surface area contributed by atoms with Crippen LogP contribution in [0.1, 0.15) is 29.3 Å². The maximum absolute atomic E-state index is 11.1.